The van der Waals surface area contributed by atoms with Crippen molar-refractivity contribution < 1.29 is 4.79 Å². The normalized spacial score (nSPS) is 15.3. The molecule has 3 rings (SSSR count). The summed E-state index contributed by atoms with van der Waals surface area (Å²) in [5.74, 6) is 0.914. The average molecular weight is 345 g/mol. The molecule has 1 aromatic carbocycles. The molecule has 1 saturated heterocycles. The van der Waals surface area contributed by atoms with Gasteiger partial charge in [0.15, 0.2) is 0 Å². The van der Waals surface area contributed by atoms with E-state index in [0.717, 1.165) is 38.5 Å². The quantitative estimate of drug-likeness (QED) is 0.904. The second-order valence-corrected chi connectivity index (χ2v) is 6.16. The number of hydrogen-bond acceptors (Lipinski definition) is 4. The van der Waals surface area contributed by atoms with Crippen LogP contribution in [-0.4, -0.2) is 55.1 Å². The topological polar surface area (TPSA) is 48.5 Å². The molecule has 5 nitrogen and oxygen atoms in total. The SMILES string of the molecule is O=C(NCCN1CCN(c2ccccn2)CC1)c1ccccc1Cl. The highest BCUT2D eigenvalue weighted by molar-refractivity contribution is 6.33. The smallest absolute Gasteiger partial charge is 0.252 e. The maximum absolute atomic E-state index is 12.1. The van der Waals surface area contributed by atoms with E-state index in [1.165, 1.54) is 0 Å². The van der Waals surface area contributed by atoms with Crippen LogP contribution in [0.3, 0.4) is 0 Å². The predicted octanol–water partition coefficient (Wildman–Crippen LogP) is 2.29. The molecule has 1 N–H and O–H groups in total. The third kappa shape index (κ3) is 4.24. The van der Waals surface area contributed by atoms with Crippen molar-refractivity contribution in [1.29, 1.82) is 0 Å². The maximum atomic E-state index is 12.1. The van der Waals surface area contributed by atoms with Gasteiger partial charge < -0.3 is 10.2 Å². The second kappa shape index (κ2) is 8.13. The van der Waals surface area contributed by atoms with E-state index in [1.54, 1.807) is 12.1 Å². The third-order valence-corrected chi connectivity index (χ3v) is 4.51. The Morgan fingerprint density at radius 3 is 2.54 bits per heavy atom. The minimum Gasteiger partial charge on any atom is -0.354 e. The number of amides is 1. The number of pyridine rings is 1. The number of nitrogens with zero attached hydrogens (tertiary/aromatic N) is 3. The molecule has 0 unspecified atom stereocenters. The fourth-order valence-corrected chi connectivity index (χ4v) is 3.03. The summed E-state index contributed by atoms with van der Waals surface area (Å²) in [6.07, 6.45) is 1.83. The minimum absolute atomic E-state index is 0.118. The van der Waals surface area contributed by atoms with E-state index >= 15 is 0 Å². The molecule has 6 heteroatoms. The molecular weight excluding hydrogens is 324 g/mol. The van der Waals surface area contributed by atoms with E-state index in [2.05, 4.69) is 20.1 Å². The predicted molar refractivity (Wildman–Crippen MR) is 96.7 cm³/mol. The lowest BCUT2D eigenvalue weighted by atomic mass is 10.2. The van der Waals surface area contributed by atoms with Crippen LogP contribution in [0.15, 0.2) is 48.7 Å². The van der Waals surface area contributed by atoms with Gasteiger partial charge >= 0.3 is 0 Å². The van der Waals surface area contributed by atoms with Gasteiger partial charge in [0.1, 0.15) is 5.82 Å². The van der Waals surface area contributed by atoms with Gasteiger partial charge in [0.25, 0.3) is 5.91 Å². The molecule has 2 aromatic rings. The van der Waals surface area contributed by atoms with Crippen LogP contribution < -0.4 is 10.2 Å². The summed E-state index contributed by atoms with van der Waals surface area (Å²) >= 11 is 6.04. The zero-order valence-corrected chi connectivity index (χ0v) is 14.2. The average Bonchev–Trinajstić information content (AvgIpc) is 2.63. The van der Waals surface area contributed by atoms with Crippen molar-refractivity contribution in [3.63, 3.8) is 0 Å². The molecule has 0 spiro atoms. The van der Waals surface area contributed by atoms with Gasteiger partial charge in [-0.25, -0.2) is 4.98 Å². The van der Waals surface area contributed by atoms with Crippen molar-refractivity contribution in [2.45, 2.75) is 0 Å². The molecule has 2 heterocycles. The first-order valence-electron chi connectivity index (χ1n) is 8.15. The lowest BCUT2D eigenvalue weighted by Gasteiger charge is -2.35. The minimum atomic E-state index is -0.118. The highest BCUT2D eigenvalue weighted by Gasteiger charge is 2.17. The van der Waals surface area contributed by atoms with Crippen LogP contribution in [0.5, 0.6) is 0 Å². The Bertz CT molecular complexity index is 672. The first kappa shape index (κ1) is 16.7. The van der Waals surface area contributed by atoms with Crippen molar-refractivity contribution in [3.05, 3.63) is 59.2 Å². The maximum Gasteiger partial charge on any atom is 0.252 e. The van der Waals surface area contributed by atoms with Gasteiger partial charge in [0.05, 0.1) is 10.6 Å². The molecule has 1 aliphatic rings. The molecule has 1 fully saturated rings. The van der Waals surface area contributed by atoms with E-state index in [1.807, 2.05) is 36.5 Å². The molecule has 0 aliphatic carbocycles. The van der Waals surface area contributed by atoms with Gasteiger partial charge in [-0.2, -0.15) is 0 Å². The Morgan fingerprint density at radius 1 is 1.08 bits per heavy atom. The Labute approximate surface area is 147 Å². The molecule has 126 valence electrons. The molecule has 1 amide bonds. The van der Waals surface area contributed by atoms with Gasteiger partial charge in [-0.05, 0) is 24.3 Å². The summed E-state index contributed by atoms with van der Waals surface area (Å²) in [7, 11) is 0. The second-order valence-electron chi connectivity index (χ2n) is 5.75. The van der Waals surface area contributed by atoms with Crippen molar-refractivity contribution in [3.8, 4) is 0 Å². The molecule has 0 radical (unpaired) electrons. The summed E-state index contributed by atoms with van der Waals surface area (Å²) in [4.78, 5) is 21.2. The van der Waals surface area contributed by atoms with Gasteiger partial charge in [0.2, 0.25) is 0 Å². The van der Waals surface area contributed by atoms with E-state index in [4.69, 9.17) is 11.6 Å². The lowest BCUT2D eigenvalue weighted by molar-refractivity contribution is 0.0948. The summed E-state index contributed by atoms with van der Waals surface area (Å²) < 4.78 is 0. The van der Waals surface area contributed by atoms with Gasteiger partial charge in [-0.3, -0.25) is 9.69 Å². The zero-order chi connectivity index (χ0) is 16.8. The van der Waals surface area contributed by atoms with Crippen molar-refractivity contribution in [2.75, 3.05) is 44.2 Å². The number of hydrogen-bond donors (Lipinski definition) is 1. The Kier molecular flexibility index (Phi) is 5.67. The van der Waals surface area contributed by atoms with E-state index < -0.39 is 0 Å². The first-order chi connectivity index (χ1) is 11.7. The van der Waals surface area contributed by atoms with Crippen molar-refractivity contribution in [2.24, 2.45) is 0 Å². The number of aromatic nitrogens is 1. The Balaban J connectivity index is 1.41. The molecule has 0 bridgehead atoms. The van der Waals surface area contributed by atoms with Gasteiger partial charge in [-0.1, -0.05) is 29.8 Å². The van der Waals surface area contributed by atoms with Crippen LogP contribution in [-0.2, 0) is 0 Å². The van der Waals surface area contributed by atoms with E-state index in [9.17, 15) is 4.79 Å². The van der Waals surface area contributed by atoms with Crippen LogP contribution in [0.2, 0.25) is 5.02 Å². The number of anilines is 1. The highest BCUT2D eigenvalue weighted by Crippen LogP contribution is 2.14. The molecular formula is C18H21ClN4O. The summed E-state index contributed by atoms with van der Waals surface area (Å²) in [5, 5.41) is 3.42. The number of halogens is 1. The van der Waals surface area contributed by atoms with Gasteiger partial charge in [-0.15, -0.1) is 0 Å². The number of carbonyl (C=O) groups excluding carboxylic acids is 1. The first-order valence-corrected chi connectivity index (χ1v) is 8.53. The summed E-state index contributed by atoms with van der Waals surface area (Å²) in [5.41, 5.74) is 0.527. The van der Waals surface area contributed by atoms with Crippen molar-refractivity contribution >= 4 is 23.3 Å². The van der Waals surface area contributed by atoms with Gasteiger partial charge in [0, 0.05) is 45.5 Å². The number of benzene rings is 1. The molecule has 24 heavy (non-hydrogen) atoms. The van der Waals surface area contributed by atoms with E-state index in [-0.39, 0.29) is 5.91 Å². The van der Waals surface area contributed by atoms with Crippen LogP contribution in [0.25, 0.3) is 0 Å². The fourth-order valence-electron chi connectivity index (χ4n) is 2.81. The highest BCUT2D eigenvalue weighted by atomic mass is 35.5. The number of nitrogens with one attached hydrogen (secondary N) is 1. The van der Waals surface area contributed by atoms with Crippen LogP contribution in [0, 0.1) is 0 Å². The van der Waals surface area contributed by atoms with Crippen LogP contribution in [0.4, 0.5) is 5.82 Å². The standard InChI is InChI=1S/C18H21ClN4O/c19-16-6-2-1-5-15(16)18(24)21-9-10-22-11-13-23(14-12-22)17-7-3-4-8-20-17/h1-8H,9-14H2,(H,21,24). The largest absolute Gasteiger partial charge is 0.354 e. The summed E-state index contributed by atoms with van der Waals surface area (Å²) in [6, 6.07) is 13.1. The summed E-state index contributed by atoms with van der Waals surface area (Å²) in [6.45, 7) is 5.31. The molecule has 1 aliphatic heterocycles. The van der Waals surface area contributed by atoms with Crippen molar-refractivity contribution in [1.82, 2.24) is 15.2 Å². The monoisotopic (exact) mass is 344 g/mol. The van der Waals surface area contributed by atoms with Crippen LogP contribution >= 0.6 is 11.6 Å². The zero-order valence-electron chi connectivity index (χ0n) is 13.5. The fraction of sp³-hybridized carbons (Fsp3) is 0.333. The third-order valence-electron chi connectivity index (χ3n) is 4.18. The molecule has 0 saturated carbocycles. The van der Waals surface area contributed by atoms with Crippen LogP contribution in [0.1, 0.15) is 10.4 Å². The number of piperazine rings is 1. The lowest BCUT2D eigenvalue weighted by Crippen LogP contribution is -2.48. The number of carbonyl (C=O) groups is 1. The Hall–Kier alpha value is -2.11. The number of rotatable bonds is 5. The molecule has 1 aromatic heterocycles. The van der Waals surface area contributed by atoms with E-state index in [0.29, 0.717) is 17.1 Å². The Morgan fingerprint density at radius 2 is 1.83 bits per heavy atom. The molecule has 0 atom stereocenters.